The summed E-state index contributed by atoms with van der Waals surface area (Å²) < 4.78 is 4.83. The third-order valence-electron chi connectivity index (χ3n) is 2.35. The average molecular weight is 295 g/mol. The lowest BCUT2D eigenvalue weighted by molar-refractivity contribution is 0.149. The molecule has 20 heavy (non-hydrogen) atoms. The molecule has 0 aliphatic carbocycles. The number of thioether (sulfide) groups is 1. The number of hydrogen-bond donors (Lipinski definition) is 2. The lowest BCUT2D eigenvalue weighted by Crippen LogP contribution is -2.32. The predicted octanol–water partition coefficient (Wildman–Crippen LogP) is 2.86. The molecule has 1 aromatic carbocycles. The van der Waals surface area contributed by atoms with E-state index < -0.39 is 6.09 Å². The van der Waals surface area contributed by atoms with Gasteiger partial charge in [0.2, 0.25) is 0 Å². The van der Waals surface area contributed by atoms with Crippen molar-refractivity contribution in [3.8, 4) is 0 Å². The Hall–Kier alpha value is -1.69. The molecule has 1 amide bonds. The minimum Gasteiger partial charge on any atom is -0.450 e. The topological polar surface area (TPSA) is 76.7 Å². The second-order valence-corrected chi connectivity index (χ2v) is 5.28. The lowest BCUT2D eigenvalue weighted by Gasteiger charge is -2.12. The van der Waals surface area contributed by atoms with Crippen LogP contribution in [0.3, 0.4) is 0 Å². The maximum atomic E-state index is 11.3. The standard InChI is InChI=1S/C14H21N3O2S/c1-4-19-14(18)17-10(3)16-13(20-5-2)11-6-8-12(15)9-7-11/h6-10H,4-5,15H2,1-3H3,(H,17,18). The number of carbonyl (C=O) groups is 1. The molecular weight excluding hydrogens is 274 g/mol. The molecule has 0 saturated heterocycles. The van der Waals surface area contributed by atoms with Gasteiger partial charge in [-0.3, -0.25) is 10.3 Å². The molecule has 5 nitrogen and oxygen atoms in total. The van der Waals surface area contributed by atoms with E-state index in [4.69, 9.17) is 10.5 Å². The van der Waals surface area contributed by atoms with Gasteiger partial charge in [0.25, 0.3) is 0 Å². The monoisotopic (exact) mass is 295 g/mol. The zero-order valence-corrected chi connectivity index (χ0v) is 12.9. The van der Waals surface area contributed by atoms with Crippen LogP contribution in [0, 0.1) is 0 Å². The van der Waals surface area contributed by atoms with E-state index in [0.29, 0.717) is 12.3 Å². The SMILES string of the molecule is CCOC(=O)NC(C)N=C(SCC)c1ccc(N)cc1. The number of rotatable bonds is 5. The van der Waals surface area contributed by atoms with Gasteiger partial charge in [-0.25, -0.2) is 4.79 Å². The first-order valence-electron chi connectivity index (χ1n) is 6.56. The summed E-state index contributed by atoms with van der Waals surface area (Å²) >= 11 is 1.62. The zero-order chi connectivity index (χ0) is 15.0. The van der Waals surface area contributed by atoms with E-state index in [1.165, 1.54) is 0 Å². The molecule has 0 fully saturated rings. The Morgan fingerprint density at radius 2 is 2.05 bits per heavy atom. The van der Waals surface area contributed by atoms with Crippen molar-refractivity contribution < 1.29 is 9.53 Å². The van der Waals surface area contributed by atoms with Crippen LogP contribution in [0.5, 0.6) is 0 Å². The van der Waals surface area contributed by atoms with Crippen LogP contribution >= 0.6 is 11.8 Å². The van der Waals surface area contributed by atoms with E-state index in [2.05, 4.69) is 17.2 Å². The molecule has 1 rings (SSSR count). The van der Waals surface area contributed by atoms with Crippen LogP contribution in [0.15, 0.2) is 29.3 Å². The molecule has 1 atom stereocenters. The van der Waals surface area contributed by atoms with Gasteiger partial charge >= 0.3 is 6.09 Å². The molecule has 0 aliphatic heterocycles. The lowest BCUT2D eigenvalue weighted by atomic mass is 10.2. The minimum atomic E-state index is -0.457. The van der Waals surface area contributed by atoms with E-state index in [1.54, 1.807) is 18.7 Å². The molecular formula is C14H21N3O2S. The molecule has 0 heterocycles. The summed E-state index contributed by atoms with van der Waals surface area (Å²) in [6, 6.07) is 7.52. The number of ether oxygens (including phenoxy) is 1. The number of anilines is 1. The van der Waals surface area contributed by atoms with Gasteiger partial charge in [-0.1, -0.05) is 19.1 Å². The molecule has 6 heteroatoms. The number of amides is 1. The molecule has 0 aromatic heterocycles. The predicted molar refractivity (Wildman–Crippen MR) is 85.1 cm³/mol. The average Bonchev–Trinajstić information content (AvgIpc) is 2.39. The Bertz CT molecular complexity index is 460. The smallest absolute Gasteiger partial charge is 0.408 e. The number of carbonyl (C=O) groups excluding carboxylic acids is 1. The fraction of sp³-hybridized carbons (Fsp3) is 0.429. The van der Waals surface area contributed by atoms with Gasteiger partial charge in [-0.05, 0) is 31.7 Å². The molecule has 0 saturated carbocycles. The van der Waals surface area contributed by atoms with Crippen LogP contribution in [0.1, 0.15) is 26.3 Å². The summed E-state index contributed by atoms with van der Waals surface area (Å²) in [5.74, 6) is 0.898. The fourth-order valence-electron chi connectivity index (χ4n) is 1.51. The molecule has 0 aliphatic rings. The van der Waals surface area contributed by atoms with Crippen molar-refractivity contribution in [3.05, 3.63) is 29.8 Å². The first-order chi connectivity index (χ1) is 9.56. The number of benzene rings is 1. The van der Waals surface area contributed by atoms with Crippen molar-refractivity contribution in [3.63, 3.8) is 0 Å². The molecule has 1 aromatic rings. The zero-order valence-electron chi connectivity index (χ0n) is 12.1. The van der Waals surface area contributed by atoms with Crippen LogP contribution in [-0.2, 0) is 4.74 Å². The Labute approximate surface area is 124 Å². The van der Waals surface area contributed by atoms with Crippen molar-refractivity contribution in [1.82, 2.24) is 5.32 Å². The van der Waals surface area contributed by atoms with E-state index in [0.717, 1.165) is 16.4 Å². The molecule has 3 N–H and O–H groups in total. The summed E-state index contributed by atoms with van der Waals surface area (Å²) in [6.45, 7) is 5.97. The fourth-order valence-corrected chi connectivity index (χ4v) is 2.32. The van der Waals surface area contributed by atoms with Crippen LogP contribution in [-0.4, -0.2) is 29.7 Å². The van der Waals surface area contributed by atoms with Crippen LogP contribution in [0.25, 0.3) is 0 Å². The maximum absolute atomic E-state index is 11.3. The number of nitrogen functional groups attached to an aromatic ring is 1. The molecule has 0 radical (unpaired) electrons. The van der Waals surface area contributed by atoms with Crippen LogP contribution in [0.4, 0.5) is 10.5 Å². The highest BCUT2D eigenvalue weighted by atomic mass is 32.2. The molecule has 0 spiro atoms. The van der Waals surface area contributed by atoms with E-state index in [-0.39, 0.29) is 6.17 Å². The Balaban J connectivity index is 2.81. The van der Waals surface area contributed by atoms with Crippen LogP contribution < -0.4 is 11.1 Å². The van der Waals surface area contributed by atoms with Gasteiger partial charge in [-0.15, -0.1) is 11.8 Å². The number of aliphatic imine (C=N–C) groups is 1. The molecule has 0 bridgehead atoms. The highest BCUT2D eigenvalue weighted by Crippen LogP contribution is 2.16. The van der Waals surface area contributed by atoms with Crippen molar-refractivity contribution in [2.75, 3.05) is 18.1 Å². The number of alkyl carbamates (subject to hydrolysis) is 1. The van der Waals surface area contributed by atoms with Crippen LogP contribution in [0.2, 0.25) is 0 Å². The van der Waals surface area contributed by atoms with Gasteiger partial charge < -0.3 is 10.5 Å². The van der Waals surface area contributed by atoms with Gasteiger partial charge in [0, 0.05) is 11.3 Å². The quantitative estimate of drug-likeness (QED) is 0.497. The van der Waals surface area contributed by atoms with E-state index in [1.807, 2.05) is 31.2 Å². The summed E-state index contributed by atoms with van der Waals surface area (Å²) in [5, 5.41) is 3.54. The highest BCUT2D eigenvalue weighted by Gasteiger charge is 2.09. The maximum Gasteiger partial charge on any atom is 0.408 e. The number of nitrogens with zero attached hydrogens (tertiary/aromatic N) is 1. The van der Waals surface area contributed by atoms with Gasteiger partial charge in [0.15, 0.2) is 0 Å². The van der Waals surface area contributed by atoms with Crippen molar-refractivity contribution in [2.45, 2.75) is 26.9 Å². The number of nitrogens with one attached hydrogen (secondary N) is 1. The third kappa shape index (κ3) is 5.52. The Kier molecular flexibility index (Phi) is 6.93. The number of nitrogens with two attached hydrogens (primary N) is 1. The third-order valence-corrected chi connectivity index (χ3v) is 3.25. The Morgan fingerprint density at radius 3 is 2.60 bits per heavy atom. The summed E-state index contributed by atoms with van der Waals surface area (Å²) in [4.78, 5) is 15.9. The van der Waals surface area contributed by atoms with Gasteiger partial charge in [-0.2, -0.15) is 0 Å². The van der Waals surface area contributed by atoms with Crippen molar-refractivity contribution in [1.29, 1.82) is 0 Å². The second kappa shape index (κ2) is 8.47. The highest BCUT2D eigenvalue weighted by molar-refractivity contribution is 8.14. The molecule has 110 valence electrons. The summed E-state index contributed by atoms with van der Waals surface area (Å²) in [5.41, 5.74) is 7.39. The summed E-state index contributed by atoms with van der Waals surface area (Å²) in [7, 11) is 0. The van der Waals surface area contributed by atoms with Gasteiger partial charge in [0.05, 0.1) is 6.61 Å². The van der Waals surface area contributed by atoms with Crippen molar-refractivity contribution >= 4 is 28.6 Å². The minimum absolute atomic E-state index is 0.344. The summed E-state index contributed by atoms with van der Waals surface area (Å²) in [6.07, 6.45) is -0.803. The normalized spacial score (nSPS) is 12.8. The first kappa shape index (κ1) is 16.4. The first-order valence-corrected chi connectivity index (χ1v) is 7.55. The van der Waals surface area contributed by atoms with E-state index in [9.17, 15) is 4.79 Å². The largest absolute Gasteiger partial charge is 0.450 e. The second-order valence-electron chi connectivity index (χ2n) is 4.03. The van der Waals surface area contributed by atoms with Gasteiger partial charge in [0.1, 0.15) is 11.2 Å². The Morgan fingerprint density at radius 1 is 1.40 bits per heavy atom. The number of hydrogen-bond acceptors (Lipinski definition) is 5. The van der Waals surface area contributed by atoms with E-state index >= 15 is 0 Å². The van der Waals surface area contributed by atoms with Crippen molar-refractivity contribution in [2.24, 2.45) is 4.99 Å². The molecule has 1 unspecified atom stereocenters.